The zero-order valence-corrected chi connectivity index (χ0v) is 15.4. The summed E-state index contributed by atoms with van der Waals surface area (Å²) >= 11 is 16.1. The molecule has 0 saturated heterocycles. The van der Waals surface area contributed by atoms with Crippen LogP contribution in [0.2, 0.25) is 0 Å². The maximum absolute atomic E-state index is 5.76. The van der Waals surface area contributed by atoms with E-state index in [1.807, 2.05) is 19.1 Å². The van der Waals surface area contributed by atoms with Crippen LogP contribution in [-0.4, -0.2) is 22.0 Å². The summed E-state index contributed by atoms with van der Waals surface area (Å²) in [5.41, 5.74) is 0. The lowest BCUT2D eigenvalue weighted by Crippen LogP contribution is -2.13. The normalized spacial score (nSPS) is 13.3. The van der Waals surface area contributed by atoms with Crippen LogP contribution in [0, 0.1) is 0 Å². The molecule has 7 heteroatoms. The third kappa shape index (κ3) is 4.66. The smallest absolute Gasteiger partial charge is 0.366 e. The van der Waals surface area contributed by atoms with Crippen molar-refractivity contribution in [3.05, 3.63) is 25.6 Å². The van der Waals surface area contributed by atoms with Gasteiger partial charge in [-0.05, 0) is 66.8 Å². The summed E-state index contributed by atoms with van der Waals surface area (Å²) in [6.07, 6.45) is 0. The maximum Gasteiger partial charge on any atom is 0.366 e. The Morgan fingerprint density at radius 3 is 2.62 bits per heavy atom. The summed E-state index contributed by atoms with van der Waals surface area (Å²) in [5.74, 6) is 0.781. The number of hydrogen-bond acceptors (Lipinski definition) is 2. The van der Waals surface area contributed by atoms with Gasteiger partial charge in [-0.3, -0.25) is 0 Å². The molecule has 1 unspecified atom stereocenters. The van der Waals surface area contributed by atoms with Crippen molar-refractivity contribution in [1.29, 1.82) is 0 Å². The first kappa shape index (κ1) is 15.0. The molecule has 0 saturated carbocycles. The fraction of sp³-hybridized carbons (Fsp3) is 0.333. The van der Waals surface area contributed by atoms with E-state index >= 15 is 0 Å². The molecule has 1 atom stereocenters. The fourth-order valence-electron chi connectivity index (χ4n) is 0.935. The lowest BCUT2D eigenvalue weighted by Gasteiger charge is -2.11. The number of hydrogen-bond donors (Lipinski definition) is 0. The average Bonchev–Trinajstić information content (AvgIpc) is 2.23. The van der Waals surface area contributed by atoms with Crippen LogP contribution in [0.3, 0.4) is 0 Å². The van der Waals surface area contributed by atoms with E-state index in [9.17, 15) is 0 Å². The van der Waals surface area contributed by atoms with Crippen molar-refractivity contribution in [1.82, 2.24) is 0 Å². The molecule has 1 aromatic carbocycles. The van der Waals surface area contributed by atoms with E-state index in [0.29, 0.717) is 6.61 Å². The van der Waals surface area contributed by atoms with Gasteiger partial charge >= 0.3 is 10.0 Å². The second-order valence-corrected chi connectivity index (χ2v) is 7.21. The summed E-state index contributed by atoms with van der Waals surface area (Å²) in [7, 11) is -1.03. The highest BCUT2D eigenvalue weighted by molar-refractivity contribution is 9.14. The summed E-state index contributed by atoms with van der Waals surface area (Å²) in [4.78, 5) is 0. The number of alkyl halides is 1. The zero-order valence-electron chi connectivity index (χ0n) is 8.47. The van der Waals surface area contributed by atoms with Gasteiger partial charge in [0, 0.05) is 8.95 Å². The van der Waals surface area contributed by atoms with E-state index in [0.717, 1.165) is 19.2 Å². The third-order valence-electron chi connectivity index (χ3n) is 1.65. The van der Waals surface area contributed by atoms with E-state index in [4.69, 9.17) is 20.5 Å². The summed E-state index contributed by atoms with van der Waals surface area (Å²) in [5, 5.41) is 0.0243. The molecule has 0 aliphatic heterocycles. The van der Waals surface area contributed by atoms with E-state index in [1.165, 1.54) is 0 Å². The van der Waals surface area contributed by atoms with Gasteiger partial charge in [0.25, 0.3) is 0 Å². The van der Waals surface area contributed by atoms with Crippen LogP contribution in [0.5, 0.6) is 5.75 Å². The Hall–Kier alpha value is 0.927. The van der Waals surface area contributed by atoms with Gasteiger partial charge in [-0.15, -0.1) is 11.6 Å². The molecule has 0 amide bonds. The lowest BCUT2D eigenvalue weighted by atomic mass is 10.3. The van der Waals surface area contributed by atoms with Crippen molar-refractivity contribution in [3.63, 3.8) is 0 Å². The predicted octanol–water partition coefficient (Wildman–Crippen LogP) is 4.00. The molecule has 0 bridgehead atoms. The quantitative estimate of drug-likeness (QED) is 0.291. The molecular formula is C9H10Br3ClO2Si. The summed E-state index contributed by atoms with van der Waals surface area (Å²) < 4.78 is 13.7. The van der Waals surface area contributed by atoms with E-state index < -0.39 is 10.0 Å². The minimum Gasteiger partial charge on any atom is -0.524 e. The third-order valence-corrected chi connectivity index (χ3v) is 5.94. The number of rotatable bonds is 5. The Labute approximate surface area is 127 Å². The second-order valence-electron chi connectivity index (χ2n) is 3.09. The highest BCUT2D eigenvalue weighted by Crippen LogP contribution is 2.37. The van der Waals surface area contributed by atoms with Crippen LogP contribution < -0.4 is 4.43 Å². The van der Waals surface area contributed by atoms with Gasteiger partial charge in [0.15, 0.2) is 0 Å². The van der Waals surface area contributed by atoms with Crippen LogP contribution in [0.15, 0.2) is 25.6 Å². The van der Waals surface area contributed by atoms with E-state index in [1.54, 1.807) is 0 Å². The van der Waals surface area contributed by atoms with Crippen molar-refractivity contribution < 1.29 is 8.85 Å². The molecule has 0 aliphatic carbocycles. The number of benzene rings is 1. The van der Waals surface area contributed by atoms with Crippen molar-refractivity contribution in [2.45, 2.75) is 12.3 Å². The first-order valence-electron chi connectivity index (χ1n) is 4.50. The number of halogens is 4. The van der Waals surface area contributed by atoms with Crippen LogP contribution in [0.4, 0.5) is 0 Å². The van der Waals surface area contributed by atoms with Crippen LogP contribution >= 0.6 is 59.4 Å². The molecule has 0 spiro atoms. The molecule has 90 valence electrons. The summed E-state index contributed by atoms with van der Waals surface area (Å²) in [6.45, 7) is 2.42. The Morgan fingerprint density at radius 2 is 2.00 bits per heavy atom. The van der Waals surface area contributed by atoms with Gasteiger partial charge in [-0.2, -0.15) is 0 Å². The monoisotopic (exact) mass is 450 g/mol. The molecule has 0 aliphatic rings. The Kier molecular flexibility index (Phi) is 6.91. The van der Waals surface area contributed by atoms with Gasteiger partial charge in [0.05, 0.1) is 16.5 Å². The molecule has 0 heterocycles. The molecule has 0 aromatic heterocycles. The van der Waals surface area contributed by atoms with Crippen LogP contribution in [0.25, 0.3) is 0 Å². The van der Waals surface area contributed by atoms with Gasteiger partial charge in [0.1, 0.15) is 5.75 Å². The van der Waals surface area contributed by atoms with Crippen molar-refractivity contribution >= 4 is 69.4 Å². The minimum absolute atomic E-state index is 0.0243. The summed E-state index contributed by atoms with van der Waals surface area (Å²) in [6, 6.07) is 3.81. The van der Waals surface area contributed by atoms with Crippen molar-refractivity contribution in [2.75, 3.05) is 6.61 Å². The van der Waals surface area contributed by atoms with Gasteiger partial charge in [-0.25, -0.2) is 0 Å². The van der Waals surface area contributed by atoms with Gasteiger partial charge in [0.2, 0.25) is 0 Å². The molecule has 0 radical (unpaired) electrons. The standard InChI is InChI=1S/C9H10Br3ClO2Si/c1-5(13)4-14-16-15-7-3-2-6(10)8(11)9(7)12/h2-3,5H,4,16H2,1H3. The van der Waals surface area contributed by atoms with Crippen molar-refractivity contribution in [2.24, 2.45) is 0 Å². The highest BCUT2D eigenvalue weighted by atomic mass is 79.9. The average molecular weight is 453 g/mol. The van der Waals surface area contributed by atoms with Crippen LogP contribution in [0.1, 0.15) is 6.92 Å². The molecular weight excluding hydrogens is 443 g/mol. The first-order valence-corrected chi connectivity index (χ1v) is 8.47. The lowest BCUT2D eigenvalue weighted by molar-refractivity contribution is 0.291. The largest absolute Gasteiger partial charge is 0.524 e. The van der Waals surface area contributed by atoms with Crippen LogP contribution in [-0.2, 0) is 4.43 Å². The molecule has 2 nitrogen and oxygen atoms in total. The second kappa shape index (κ2) is 7.38. The maximum atomic E-state index is 5.76. The zero-order chi connectivity index (χ0) is 12.1. The van der Waals surface area contributed by atoms with Gasteiger partial charge < -0.3 is 8.85 Å². The molecule has 16 heavy (non-hydrogen) atoms. The Bertz CT molecular complexity index is 363. The topological polar surface area (TPSA) is 18.5 Å². The SMILES string of the molecule is CC(Cl)CO[SiH2]Oc1ccc(Br)c(Br)c1Br. The van der Waals surface area contributed by atoms with E-state index in [2.05, 4.69) is 47.8 Å². The van der Waals surface area contributed by atoms with Crippen molar-refractivity contribution in [3.8, 4) is 5.75 Å². The minimum atomic E-state index is -1.03. The molecule has 0 fully saturated rings. The Morgan fingerprint density at radius 1 is 1.31 bits per heavy atom. The molecule has 0 N–H and O–H groups in total. The fourth-order valence-corrected chi connectivity index (χ4v) is 3.67. The molecule has 1 aromatic rings. The first-order chi connectivity index (χ1) is 7.52. The highest BCUT2D eigenvalue weighted by Gasteiger charge is 2.08. The van der Waals surface area contributed by atoms with Gasteiger partial charge in [-0.1, -0.05) is 0 Å². The molecule has 1 rings (SSSR count). The van der Waals surface area contributed by atoms with E-state index in [-0.39, 0.29) is 5.38 Å². The Balaban J connectivity index is 2.52. The predicted molar refractivity (Wildman–Crippen MR) is 80.0 cm³/mol.